The summed E-state index contributed by atoms with van der Waals surface area (Å²) in [5, 5.41) is 3.56. The number of pyridine rings is 1. The first-order chi connectivity index (χ1) is 9.28. The molecule has 1 fully saturated rings. The highest BCUT2D eigenvalue weighted by Crippen LogP contribution is 2.09. The molecule has 4 nitrogen and oxygen atoms in total. The highest BCUT2D eigenvalue weighted by molar-refractivity contribution is 5.12. The highest BCUT2D eigenvalue weighted by Gasteiger charge is 2.18. The van der Waals surface area contributed by atoms with E-state index < -0.39 is 0 Å². The fourth-order valence-electron chi connectivity index (χ4n) is 2.50. The molecule has 2 rings (SSSR count). The van der Waals surface area contributed by atoms with Gasteiger partial charge in [-0.3, -0.25) is 9.88 Å². The molecule has 1 aromatic heterocycles. The number of nitrogens with one attached hydrogen (secondary N) is 1. The first kappa shape index (κ1) is 14.4. The van der Waals surface area contributed by atoms with Crippen molar-refractivity contribution in [3.8, 4) is 0 Å². The first-order valence-electron chi connectivity index (χ1n) is 7.14. The molecule has 0 spiro atoms. The number of ether oxygens (including phenoxy) is 1. The number of hydrogen-bond acceptors (Lipinski definition) is 4. The fraction of sp³-hybridized carbons (Fsp3) is 0.667. The van der Waals surface area contributed by atoms with Gasteiger partial charge < -0.3 is 10.1 Å². The van der Waals surface area contributed by atoms with Crippen LogP contribution in [0, 0.1) is 6.92 Å². The lowest BCUT2D eigenvalue weighted by molar-refractivity contribution is 0.137. The molecule has 1 unspecified atom stereocenters. The summed E-state index contributed by atoms with van der Waals surface area (Å²) in [6.45, 7) is 6.96. The number of methoxy groups -OCH3 is 1. The zero-order valence-corrected chi connectivity index (χ0v) is 12.1. The summed E-state index contributed by atoms with van der Waals surface area (Å²) in [6.07, 6.45) is 4.52. The van der Waals surface area contributed by atoms with Crippen LogP contribution in [-0.4, -0.2) is 49.3 Å². The van der Waals surface area contributed by atoms with Crippen molar-refractivity contribution in [1.29, 1.82) is 0 Å². The Balaban J connectivity index is 1.89. The van der Waals surface area contributed by atoms with Crippen molar-refractivity contribution in [2.75, 3.05) is 33.4 Å². The molecule has 1 saturated heterocycles. The van der Waals surface area contributed by atoms with Crippen LogP contribution in [-0.2, 0) is 11.3 Å². The van der Waals surface area contributed by atoms with Crippen molar-refractivity contribution in [2.24, 2.45) is 0 Å². The summed E-state index contributed by atoms with van der Waals surface area (Å²) in [4.78, 5) is 6.93. The van der Waals surface area contributed by atoms with Gasteiger partial charge in [0, 0.05) is 39.0 Å². The number of nitrogens with zero attached hydrogens (tertiary/aromatic N) is 2. The Morgan fingerprint density at radius 3 is 3.00 bits per heavy atom. The second-order valence-corrected chi connectivity index (χ2v) is 5.35. The van der Waals surface area contributed by atoms with Crippen molar-refractivity contribution in [3.63, 3.8) is 0 Å². The normalized spacial score (nSPS) is 19.2. The maximum absolute atomic E-state index is 5.21. The molecular weight excluding hydrogens is 238 g/mol. The zero-order valence-electron chi connectivity index (χ0n) is 12.1. The third kappa shape index (κ3) is 4.90. The molecule has 1 aromatic rings. The van der Waals surface area contributed by atoms with Gasteiger partial charge in [0.25, 0.3) is 0 Å². The largest absolute Gasteiger partial charge is 0.383 e. The smallest absolute Gasteiger partial charge is 0.0589 e. The van der Waals surface area contributed by atoms with Crippen LogP contribution in [0.15, 0.2) is 18.3 Å². The van der Waals surface area contributed by atoms with Crippen LogP contribution in [0.5, 0.6) is 0 Å². The van der Waals surface area contributed by atoms with E-state index in [1.807, 2.05) is 6.20 Å². The summed E-state index contributed by atoms with van der Waals surface area (Å²) >= 11 is 0. The van der Waals surface area contributed by atoms with E-state index in [1.54, 1.807) is 7.11 Å². The molecule has 2 heterocycles. The third-order valence-corrected chi connectivity index (χ3v) is 3.61. The Hall–Kier alpha value is -0.970. The van der Waals surface area contributed by atoms with Gasteiger partial charge in [0.1, 0.15) is 0 Å². The second kappa shape index (κ2) is 7.58. The van der Waals surface area contributed by atoms with Gasteiger partial charge in [-0.25, -0.2) is 0 Å². The highest BCUT2D eigenvalue weighted by atomic mass is 16.5. The van der Waals surface area contributed by atoms with E-state index in [0.29, 0.717) is 6.04 Å². The second-order valence-electron chi connectivity index (χ2n) is 5.35. The average molecular weight is 263 g/mol. The van der Waals surface area contributed by atoms with Crippen molar-refractivity contribution in [1.82, 2.24) is 15.2 Å². The lowest BCUT2D eigenvalue weighted by Crippen LogP contribution is -2.38. The van der Waals surface area contributed by atoms with Gasteiger partial charge in [-0.05, 0) is 37.9 Å². The van der Waals surface area contributed by atoms with Gasteiger partial charge in [0.15, 0.2) is 0 Å². The van der Waals surface area contributed by atoms with E-state index in [2.05, 4.69) is 34.3 Å². The van der Waals surface area contributed by atoms with E-state index >= 15 is 0 Å². The Labute approximate surface area is 116 Å². The Bertz CT molecular complexity index is 360. The predicted molar refractivity (Wildman–Crippen MR) is 77.2 cm³/mol. The van der Waals surface area contributed by atoms with Crippen molar-refractivity contribution >= 4 is 0 Å². The summed E-state index contributed by atoms with van der Waals surface area (Å²) < 4.78 is 5.21. The molecule has 1 aliphatic heterocycles. The summed E-state index contributed by atoms with van der Waals surface area (Å²) in [7, 11) is 1.76. The summed E-state index contributed by atoms with van der Waals surface area (Å²) in [6, 6.07) is 4.88. The SMILES string of the molecule is COCCN(Cc1ccc(C)cn1)CC1CCCN1. The maximum atomic E-state index is 5.21. The van der Waals surface area contributed by atoms with Crippen molar-refractivity contribution < 1.29 is 4.74 Å². The molecule has 0 saturated carbocycles. The van der Waals surface area contributed by atoms with Gasteiger partial charge in [-0.2, -0.15) is 0 Å². The van der Waals surface area contributed by atoms with Crippen LogP contribution in [0.25, 0.3) is 0 Å². The molecule has 1 atom stereocenters. The third-order valence-electron chi connectivity index (χ3n) is 3.61. The van der Waals surface area contributed by atoms with E-state index in [4.69, 9.17) is 4.74 Å². The molecule has 0 bridgehead atoms. The van der Waals surface area contributed by atoms with Crippen LogP contribution in [0.2, 0.25) is 0 Å². The number of hydrogen-bond donors (Lipinski definition) is 1. The van der Waals surface area contributed by atoms with Crippen LogP contribution in [0.1, 0.15) is 24.1 Å². The van der Waals surface area contributed by atoms with E-state index in [9.17, 15) is 0 Å². The molecule has 0 radical (unpaired) electrons. The van der Waals surface area contributed by atoms with Crippen LogP contribution >= 0.6 is 0 Å². The summed E-state index contributed by atoms with van der Waals surface area (Å²) in [5.41, 5.74) is 2.35. The minimum absolute atomic E-state index is 0.627. The fourth-order valence-corrected chi connectivity index (χ4v) is 2.50. The Morgan fingerprint density at radius 1 is 1.47 bits per heavy atom. The topological polar surface area (TPSA) is 37.4 Å². The molecular formula is C15H25N3O. The van der Waals surface area contributed by atoms with Gasteiger partial charge in [-0.15, -0.1) is 0 Å². The summed E-state index contributed by atoms with van der Waals surface area (Å²) in [5.74, 6) is 0. The number of aryl methyl sites for hydroxylation is 1. The van der Waals surface area contributed by atoms with Crippen LogP contribution in [0.3, 0.4) is 0 Å². The quantitative estimate of drug-likeness (QED) is 0.810. The molecule has 0 aromatic carbocycles. The van der Waals surface area contributed by atoms with Crippen LogP contribution < -0.4 is 5.32 Å². The standard InChI is InChI=1S/C15H25N3O/c1-13-5-6-15(17-10-13)12-18(8-9-19-2)11-14-4-3-7-16-14/h5-6,10,14,16H,3-4,7-9,11-12H2,1-2H3. The van der Waals surface area contributed by atoms with Gasteiger partial charge in [0.2, 0.25) is 0 Å². The average Bonchev–Trinajstić information content (AvgIpc) is 2.91. The van der Waals surface area contributed by atoms with Crippen LogP contribution in [0.4, 0.5) is 0 Å². The van der Waals surface area contributed by atoms with Crippen molar-refractivity contribution in [3.05, 3.63) is 29.6 Å². The molecule has 0 aliphatic carbocycles. The van der Waals surface area contributed by atoms with E-state index in [1.165, 1.54) is 18.4 Å². The molecule has 19 heavy (non-hydrogen) atoms. The monoisotopic (exact) mass is 263 g/mol. The predicted octanol–water partition coefficient (Wildman–Crippen LogP) is 1.59. The minimum Gasteiger partial charge on any atom is -0.383 e. The van der Waals surface area contributed by atoms with Crippen molar-refractivity contribution in [2.45, 2.75) is 32.4 Å². The number of rotatable bonds is 7. The molecule has 1 aliphatic rings. The molecule has 4 heteroatoms. The molecule has 1 N–H and O–H groups in total. The molecule has 0 amide bonds. The van der Waals surface area contributed by atoms with Gasteiger partial charge in [-0.1, -0.05) is 6.07 Å². The lowest BCUT2D eigenvalue weighted by Gasteiger charge is -2.25. The maximum Gasteiger partial charge on any atom is 0.0589 e. The van der Waals surface area contributed by atoms with Gasteiger partial charge in [0.05, 0.1) is 12.3 Å². The minimum atomic E-state index is 0.627. The Kier molecular flexibility index (Phi) is 5.76. The number of aromatic nitrogens is 1. The van der Waals surface area contributed by atoms with Gasteiger partial charge >= 0.3 is 0 Å². The zero-order chi connectivity index (χ0) is 13.5. The van der Waals surface area contributed by atoms with E-state index in [-0.39, 0.29) is 0 Å². The van der Waals surface area contributed by atoms with E-state index in [0.717, 1.165) is 38.5 Å². The lowest BCUT2D eigenvalue weighted by atomic mass is 10.2. The molecule has 106 valence electrons. The first-order valence-corrected chi connectivity index (χ1v) is 7.14. The Morgan fingerprint density at radius 2 is 2.37 bits per heavy atom.